The Bertz CT molecular complexity index is 487. The highest BCUT2D eigenvalue weighted by atomic mass is 16.5. The molecular weight excluding hydrogens is 182 g/mol. The fourth-order valence-corrected chi connectivity index (χ4v) is 1.32. The van der Waals surface area contributed by atoms with E-state index in [2.05, 4.69) is 4.98 Å². The Hall–Kier alpha value is -1.97. The zero-order chi connectivity index (χ0) is 10.1. The van der Waals surface area contributed by atoms with E-state index in [9.17, 15) is 9.90 Å². The van der Waals surface area contributed by atoms with Crippen molar-refractivity contribution in [2.45, 2.75) is 6.92 Å². The number of hydrogen-bond donors (Lipinski definition) is 2. The summed E-state index contributed by atoms with van der Waals surface area (Å²) in [7, 11) is 0. The van der Waals surface area contributed by atoms with Crippen molar-refractivity contribution >= 4 is 16.9 Å². The highest BCUT2D eigenvalue weighted by Gasteiger charge is 2.06. The monoisotopic (exact) mass is 191 g/mol. The second-order valence-corrected chi connectivity index (χ2v) is 2.98. The van der Waals surface area contributed by atoms with Crippen LogP contribution in [0.2, 0.25) is 0 Å². The number of phenols is 1. The number of aromatic nitrogens is 1. The van der Waals surface area contributed by atoms with E-state index in [1.54, 1.807) is 24.4 Å². The van der Waals surface area contributed by atoms with Crippen LogP contribution in [0.4, 0.5) is 0 Å². The van der Waals surface area contributed by atoms with E-state index < -0.39 is 0 Å². The van der Waals surface area contributed by atoms with Gasteiger partial charge in [-0.2, -0.15) is 0 Å². The molecule has 0 bridgehead atoms. The molecule has 0 aliphatic rings. The molecule has 4 nitrogen and oxygen atoms in total. The van der Waals surface area contributed by atoms with Gasteiger partial charge in [-0.25, -0.2) is 0 Å². The van der Waals surface area contributed by atoms with E-state index in [1.807, 2.05) is 0 Å². The molecule has 14 heavy (non-hydrogen) atoms. The first-order valence-corrected chi connectivity index (χ1v) is 4.15. The molecule has 1 heterocycles. The first-order chi connectivity index (χ1) is 6.66. The molecule has 2 N–H and O–H groups in total. The second-order valence-electron chi connectivity index (χ2n) is 2.98. The van der Waals surface area contributed by atoms with Crippen molar-refractivity contribution in [3.05, 3.63) is 24.4 Å². The smallest absolute Gasteiger partial charge is 0.308 e. The van der Waals surface area contributed by atoms with Gasteiger partial charge < -0.3 is 14.8 Å². The largest absolute Gasteiger partial charge is 0.508 e. The molecule has 0 unspecified atom stereocenters. The summed E-state index contributed by atoms with van der Waals surface area (Å²) in [6.45, 7) is 1.33. The zero-order valence-electron chi connectivity index (χ0n) is 7.57. The number of esters is 1. The van der Waals surface area contributed by atoms with Crippen LogP contribution < -0.4 is 4.74 Å². The summed E-state index contributed by atoms with van der Waals surface area (Å²) in [5.74, 6) is 0.197. The summed E-state index contributed by atoms with van der Waals surface area (Å²) in [6, 6.07) is 4.83. The fourth-order valence-electron chi connectivity index (χ4n) is 1.32. The quantitative estimate of drug-likeness (QED) is 0.675. The maximum absolute atomic E-state index is 10.7. The lowest BCUT2D eigenvalue weighted by molar-refractivity contribution is -0.131. The topological polar surface area (TPSA) is 62.3 Å². The van der Waals surface area contributed by atoms with Gasteiger partial charge in [0.15, 0.2) is 5.75 Å². The van der Waals surface area contributed by atoms with Crippen molar-refractivity contribution < 1.29 is 14.6 Å². The number of hydrogen-bond acceptors (Lipinski definition) is 3. The standard InChI is InChI=1S/C10H9NO3/c1-6(12)14-10-5-11-9-3-2-7(13)4-8(9)10/h2-5,11,13H,1H3. The zero-order valence-corrected chi connectivity index (χ0v) is 7.57. The van der Waals surface area contributed by atoms with Gasteiger partial charge in [-0.05, 0) is 18.2 Å². The maximum Gasteiger partial charge on any atom is 0.308 e. The van der Waals surface area contributed by atoms with E-state index in [1.165, 1.54) is 6.92 Å². The number of benzene rings is 1. The van der Waals surface area contributed by atoms with Gasteiger partial charge in [0.2, 0.25) is 0 Å². The number of nitrogens with one attached hydrogen (secondary N) is 1. The lowest BCUT2D eigenvalue weighted by Crippen LogP contribution is -2.00. The Morgan fingerprint density at radius 1 is 1.50 bits per heavy atom. The summed E-state index contributed by atoms with van der Waals surface area (Å²) in [5, 5.41) is 9.95. The molecule has 0 atom stereocenters. The number of carbonyl (C=O) groups excluding carboxylic acids is 1. The number of H-pyrrole nitrogens is 1. The van der Waals surface area contributed by atoms with Gasteiger partial charge in [0.05, 0.1) is 0 Å². The molecule has 0 fully saturated rings. The average molecular weight is 191 g/mol. The number of carbonyl (C=O) groups is 1. The number of rotatable bonds is 1. The van der Waals surface area contributed by atoms with E-state index >= 15 is 0 Å². The van der Waals surface area contributed by atoms with Crippen molar-refractivity contribution in [1.82, 2.24) is 4.98 Å². The van der Waals surface area contributed by atoms with Gasteiger partial charge in [-0.3, -0.25) is 4.79 Å². The van der Waals surface area contributed by atoms with Gasteiger partial charge in [0.25, 0.3) is 0 Å². The Morgan fingerprint density at radius 3 is 3.00 bits per heavy atom. The van der Waals surface area contributed by atoms with Crippen molar-refractivity contribution in [3.63, 3.8) is 0 Å². The van der Waals surface area contributed by atoms with Crippen LogP contribution >= 0.6 is 0 Å². The number of fused-ring (bicyclic) bond motifs is 1. The molecule has 2 rings (SSSR count). The highest BCUT2D eigenvalue weighted by molar-refractivity contribution is 5.89. The van der Waals surface area contributed by atoms with Crippen LogP contribution in [0.3, 0.4) is 0 Å². The van der Waals surface area contributed by atoms with E-state index in [0.717, 1.165) is 5.52 Å². The average Bonchev–Trinajstić information content (AvgIpc) is 2.47. The van der Waals surface area contributed by atoms with Crippen LogP contribution in [0.15, 0.2) is 24.4 Å². The maximum atomic E-state index is 10.7. The van der Waals surface area contributed by atoms with E-state index in [-0.39, 0.29) is 11.7 Å². The second kappa shape index (κ2) is 3.06. The predicted molar refractivity (Wildman–Crippen MR) is 51.3 cm³/mol. The van der Waals surface area contributed by atoms with Gasteiger partial charge in [0, 0.05) is 24.0 Å². The van der Waals surface area contributed by atoms with E-state index in [4.69, 9.17) is 4.74 Å². The third kappa shape index (κ3) is 1.42. The minimum absolute atomic E-state index is 0.144. The molecule has 0 saturated heterocycles. The predicted octanol–water partition coefficient (Wildman–Crippen LogP) is 1.80. The van der Waals surface area contributed by atoms with Crippen molar-refractivity contribution in [2.75, 3.05) is 0 Å². The Labute approximate surface area is 80.1 Å². The highest BCUT2D eigenvalue weighted by Crippen LogP contribution is 2.28. The Balaban J connectivity index is 2.55. The van der Waals surface area contributed by atoms with Crippen molar-refractivity contribution in [2.24, 2.45) is 0 Å². The van der Waals surface area contributed by atoms with Gasteiger partial charge in [0.1, 0.15) is 5.75 Å². The summed E-state index contributed by atoms with van der Waals surface area (Å²) in [6.07, 6.45) is 1.59. The molecule has 0 aliphatic heterocycles. The number of aromatic amines is 1. The van der Waals surface area contributed by atoms with Crippen LogP contribution in [0.25, 0.3) is 10.9 Å². The third-order valence-corrected chi connectivity index (χ3v) is 1.88. The van der Waals surface area contributed by atoms with Crippen molar-refractivity contribution in [1.29, 1.82) is 0 Å². The van der Waals surface area contributed by atoms with Crippen LogP contribution in [0.5, 0.6) is 11.5 Å². The lowest BCUT2D eigenvalue weighted by atomic mass is 10.2. The normalized spacial score (nSPS) is 10.4. The van der Waals surface area contributed by atoms with Crippen molar-refractivity contribution in [3.8, 4) is 11.5 Å². The Morgan fingerprint density at radius 2 is 2.29 bits per heavy atom. The number of aromatic hydroxyl groups is 1. The number of phenolic OH excluding ortho intramolecular Hbond substituents is 1. The molecule has 0 aliphatic carbocycles. The molecule has 2 aromatic rings. The lowest BCUT2D eigenvalue weighted by Gasteiger charge is -1.98. The molecular formula is C10H9NO3. The summed E-state index contributed by atoms with van der Waals surface area (Å²) in [5.41, 5.74) is 0.819. The minimum Gasteiger partial charge on any atom is -0.508 e. The Kier molecular flexibility index (Phi) is 1.89. The van der Waals surface area contributed by atoms with E-state index in [0.29, 0.717) is 11.1 Å². The van der Waals surface area contributed by atoms with Gasteiger partial charge in [-0.1, -0.05) is 0 Å². The summed E-state index contributed by atoms with van der Waals surface area (Å²) < 4.78 is 4.94. The van der Waals surface area contributed by atoms with Crippen LogP contribution in [0, 0.1) is 0 Å². The van der Waals surface area contributed by atoms with Crippen LogP contribution in [-0.4, -0.2) is 16.1 Å². The van der Waals surface area contributed by atoms with Crippen LogP contribution in [-0.2, 0) is 4.79 Å². The fraction of sp³-hybridized carbons (Fsp3) is 0.100. The molecule has 0 amide bonds. The molecule has 1 aromatic carbocycles. The minimum atomic E-state index is -0.380. The first kappa shape index (κ1) is 8.62. The third-order valence-electron chi connectivity index (χ3n) is 1.88. The molecule has 4 heteroatoms. The first-order valence-electron chi connectivity index (χ1n) is 4.15. The summed E-state index contributed by atoms with van der Waals surface area (Å²) >= 11 is 0. The molecule has 0 radical (unpaired) electrons. The number of ether oxygens (including phenoxy) is 1. The summed E-state index contributed by atoms with van der Waals surface area (Å²) in [4.78, 5) is 13.7. The SMILES string of the molecule is CC(=O)Oc1c[nH]c2ccc(O)cc12. The molecule has 0 saturated carbocycles. The van der Waals surface area contributed by atoms with Crippen LogP contribution in [0.1, 0.15) is 6.92 Å². The molecule has 72 valence electrons. The van der Waals surface area contributed by atoms with Gasteiger partial charge in [-0.15, -0.1) is 0 Å². The van der Waals surface area contributed by atoms with Gasteiger partial charge >= 0.3 is 5.97 Å². The molecule has 1 aromatic heterocycles. The molecule has 0 spiro atoms.